The highest BCUT2D eigenvalue weighted by Gasteiger charge is 2.28. The van der Waals surface area contributed by atoms with Crippen LogP contribution < -0.4 is 26.6 Å². The molecule has 0 aromatic carbocycles. The summed E-state index contributed by atoms with van der Waals surface area (Å²) in [5.41, 5.74) is 0. The maximum Gasteiger partial charge on any atom is 0.245 e. The molecule has 15 heteroatoms. The van der Waals surface area contributed by atoms with Crippen molar-refractivity contribution in [2.45, 2.75) is 57.7 Å². The van der Waals surface area contributed by atoms with Crippen molar-refractivity contribution >= 4 is 46.4 Å². The van der Waals surface area contributed by atoms with Gasteiger partial charge in [0.25, 0.3) is 0 Å². The van der Waals surface area contributed by atoms with Gasteiger partial charge in [0.1, 0.15) is 18.1 Å². The van der Waals surface area contributed by atoms with Crippen molar-refractivity contribution in [3.63, 3.8) is 0 Å². The molecule has 206 valence electrons. The van der Waals surface area contributed by atoms with Crippen molar-refractivity contribution in [1.29, 1.82) is 0 Å². The van der Waals surface area contributed by atoms with Crippen LogP contribution in [0.1, 0.15) is 39.5 Å². The van der Waals surface area contributed by atoms with Crippen molar-refractivity contribution in [2.24, 2.45) is 0 Å². The summed E-state index contributed by atoms with van der Waals surface area (Å²) in [5.74, 6) is -3.65. The zero-order valence-corrected chi connectivity index (χ0v) is 21.3. The highest BCUT2D eigenvalue weighted by atomic mass is 32.2. The normalized spacial score (nSPS) is 13.0. The lowest BCUT2D eigenvalue weighted by Crippen LogP contribution is -2.59. The standard InChI is InChI=1S/C21H37N5O9S/c1-3-22-17(31)7-5-4-6-8-23-19(33)14(9-27)25-21(35)16(11-29)26-20(34)15(10-28)24-18(32)12-36-13(2)30/h14-16,27-29H,3-12H2,1-2H3,(H,22,31)(H,23,33)(H,24,32)(H,25,35)(H,26,34). The van der Waals surface area contributed by atoms with E-state index in [0.717, 1.165) is 0 Å². The van der Waals surface area contributed by atoms with Gasteiger partial charge in [0, 0.05) is 26.4 Å². The van der Waals surface area contributed by atoms with Gasteiger partial charge in [-0.3, -0.25) is 28.8 Å². The minimum absolute atomic E-state index is 0.0465. The van der Waals surface area contributed by atoms with E-state index in [1.54, 1.807) is 0 Å². The molecule has 0 aliphatic heterocycles. The van der Waals surface area contributed by atoms with Crippen LogP contribution in [0, 0.1) is 0 Å². The van der Waals surface area contributed by atoms with Crippen LogP contribution in [0.4, 0.5) is 0 Å². The minimum Gasteiger partial charge on any atom is -0.394 e. The Bertz CT molecular complexity index is 753. The van der Waals surface area contributed by atoms with Gasteiger partial charge in [-0.1, -0.05) is 18.2 Å². The SMILES string of the molecule is CCNC(=O)CCCCCNC(=O)C(CO)NC(=O)C(CO)NC(=O)C(CO)NC(=O)CSC(C)=O. The third-order valence-electron chi connectivity index (χ3n) is 4.63. The Morgan fingerprint density at radius 1 is 0.694 bits per heavy atom. The number of hydrogen-bond acceptors (Lipinski definition) is 10. The van der Waals surface area contributed by atoms with E-state index in [1.165, 1.54) is 6.92 Å². The highest BCUT2D eigenvalue weighted by molar-refractivity contribution is 8.14. The molecule has 3 unspecified atom stereocenters. The number of rotatable bonds is 18. The number of aliphatic hydroxyl groups is 3. The average Bonchev–Trinajstić information content (AvgIpc) is 2.84. The highest BCUT2D eigenvalue weighted by Crippen LogP contribution is 2.01. The van der Waals surface area contributed by atoms with Crippen LogP contribution in [-0.4, -0.2) is 107 Å². The molecule has 0 bridgehead atoms. The van der Waals surface area contributed by atoms with E-state index in [2.05, 4.69) is 26.6 Å². The number of nitrogens with one attached hydrogen (secondary N) is 5. The summed E-state index contributed by atoms with van der Waals surface area (Å²) < 4.78 is 0. The van der Waals surface area contributed by atoms with E-state index in [1.807, 2.05) is 6.92 Å². The molecular weight excluding hydrogens is 498 g/mol. The molecule has 0 saturated heterocycles. The number of hydrogen-bond donors (Lipinski definition) is 8. The predicted molar refractivity (Wildman–Crippen MR) is 130 cm³/mol. The maximum atomic E-state index is 12.4. The fourth-order valence-electron chi connectivity index (χ4n) is 2.74. The fourth-order valence-corrected chi connectivity index (χ4v) is 3.16. The Morgan fingerprint density at radius 3 is 1.72 bits per heavy atom. The monoisotopic (exact) mass is 535 g/mol. The summed E-state index contributed by atoms with van der Waals surface area (Å²) in [6.45, 7) is 1.47. The van der Waals surface area contributed by atoms with Crippen LogP contribution in [0.15, 0.2) is 0 Å². The first-order valence-corrected chi connectivity index (χ1v) is 12.5. The lowest BCUT2D eigenvalue weighted by molar-refractivity contribution is -0.135. The molecular formula is C21H37N5O9S. The largest absolute Gasteiger partial charge is 0.394 e. The van der Waals surface area contributed by atoms with Gasteiger partial charge in [-0.15, -0.1) is 0 Å². The molecule has 0 aromatic rings. The Kier molecular flexibility index (Phi) is 18.0. The lowest BCUT2D eigenvalue weighted by Gasteiger charge is -2.23. The van der Waals surface area contributed by atoms with Crippen molar-refractivity contribution in [1.82, 2.24) is 26.6 Å². The molecule has 0 spiro atoms. The Hall–Kier alpha value is -2.75. The van der Waals surface area contributed by atoms with Crippen molar-refractivity contribution in [3.05, 3.63) is 0 Å². The molecule has 0 heterocycles. The molecule has 0 saturated carbocycles. The van der Waals surface area contributed by atoms with Gasteiger partial charge in [0.2, 0.25) is 29.5 Å². The first-order valence-electron chi connectivity index (χ1n) is 11.5. The van der Waals surface area contributed by atoms with Crippen LogP contribution in [-0.2, 0) is 28.8 Å². The molecule has 3 atom stereocenters. The number of carbonyl (C=O) groups is 6. The van der Waals surface area contributed by atoms with E-state index in [9.17, 15) is 44.1 Å². The third kappa shape index (κ3) is 14.6. The zero-order chi connectivity index (χ0) is 27.5. The molecule has 0 aromatic heterocycles. The molecule has 14 nitrogen and oxygen atoms in total. The van der Waals surface area contributed by atoms with Crippen LogP contribution in [0.5, 0.6) is 0 Å². The van der Waals surface area contributed by atoms with Crippen LogP contribution >= 0.6 is 11.8 Å². The second-order valence-corrected chi connectivity index (χ2v) is 8.78. The van der Waals surface area contributed by atoms with Gasteiger partial charge >= 0.3 is 0 Å². The Balaban J connectivity index is 4.63. The summed E-state index contributed by atoms with van der Waals surface area (Å²) in [6.07, 6.45) is 2.28. The number of thioether (sulfide) groups is 1. The molecule has 0 fully saturated rings. The summed E-state index contributed by atoms with van der Waals surface area (Å²) in [7, 11) is 0. The van der Waals surface area contributed by atoms with Crippen LogP contribution in [0.25, 0.3) is 0 Å². The van der Waals surface area contributed by atoms with Gasteiger partial charge < -0.3 is 41.9 Å². The zero-order valence-electron chi connectivity index (χ0n) is 20.5. The second kappa shape index (κ2) is 19.4. The van der Waals surface area contributed by atoms with Crippen LogP contribution in [0.3, 0.4) is 0 Å². The van der Waals surface area contributed by atoms with E-state index in [0.29, 0.717) is 44.0 Å². The van der Waals surface area contributed by atoms with Crippen molar-refractivity contribution in [2.75, 3.05) is 38.7 Å². The molecule has 5 amide bonds. The van der Waals surface area contributed by atoms with E-state index in [4.69, 9.17) is 0 Å². The molecule has 8 N–H and O–H groups in total. The molecule has 36 heavy (non-hydrogen) atoms. The third-order valence-corrected chi connectivity index (χ3v) is 5.44. The lowest BCUT2D eigenvalue weighted by atomic mass is 10.1. The predicted octanol–water partition coefficient (Wildman–Crippen LogP) is -3.49. The van der Waals surface area contributed by atoms with Gasteiger partial charge in [-0.25, -0.2) is 0 Å². The number of amides is 5. The average molecular weight is 536 g/mol. The number of unbranched alkanes of at least 4 members (excludes halogenated alkanes) is 2. The first-order chi connectivity index (χ1) is 17.1. The summed E-state index contributed by atoms with van der Waals surface area (Å²) in [6, 6.07) is -4.33. The maximum absolute atomic E-state index is 12.4. The fraction of sp³-hybridized carbons (Fsp3) is 0.714. The number of carbonyl (C=O) groups excluding carboxylic acids is 6. The quantitative estimate of drug-likeness (QED) is 0.0809. The van der Waals surface area contributed by atoms with Crippen LogP contribution in [0.2, 0.25) is 0 Å². The van der Waals surface area contributed by atoms with Gasteiger partial charge in [-0.2, -0.15) is 0 Å². The van der Waals surface area contributed by atoms with E-state index < -0.39 is 61.6 Å². The minimum atomic E-state index is -1.54. The molecule has 0 radical (unpaired) electrons. The van der Waals surface area contributed by atoms with Gasteiger partial charge in [0.05, 0.1) is 25.6 Å². The van der Waals surface area contributed by atoms with E-state index >= 15 is 0 Å². The smallest absolute Gasteiger partial charge is 0.245 e. The molecule has 0 aliphatic rings. The van der Waals surface area contributed by atoms with E-state index in [-0.39, 0.29) is 23.3 Å². The first kappa shape index (κ1) is 33.2. The number of aliphatic hydroxyl groups excluding tert-OH is 3. The van der Waals surface area contributed by atoms with Crippen molar-refractivity contribution < 1.29 is 44.1 Å². The summed E-state index contributed by atoms with van der Waals surface area (Å²) >= 11 is 0.705. The summed E-state index contributed by atoms with van der Waals surface area (Å²) in [5, 5.41) is 39.8. The summed E-state index contributed by atoms with van der Waals surface area (Å²) in [4.78, 5) is 71.1. The Labute approximate surface area is 213 Å². The molecule has 0 rings (SSSR count). The topological polar surface area (TPSA) is 223 Å². The van der Waals surface area contributed by atoms with Gasteiger partial charge in [-0.05, 0) is 19.8 Å². The van der Waals surface area contributed by atoms with Gasteiger partial charge in [0.15, 0.2) is 5.12 Å². The van der Waals surface area contributed by atoms with Crippen molar-refractivity contribution in [3.8, 4) is 0 Å². The molecule has 0 aliphatic carbocycles. The Morgan fingerprint density at radius 2 is 1.22 bits per heavy atom. The second-order valence-electron chi connectivity index (χ2n) is 7.63.